The number of carbonyl (C=O) groups excluding carboxylic acids is 5. The first-order valence-electron chi connectivity index (χ1n) is 23.4. The minimum Gasteiger partial charge on any atom is -0.489 e. The molecule has 0 aliphatic rings. The first kappa shape index (κ1) is 53.8. The number of rotatable bonds is 25. The third-order valence-corrected chi connectivity index (χ3v) is 11.4. The van der Waals surface area contributed by atoms with Crippen LogP contribution < -0.4 is 26.0 Å². The molecule has 0 saturated carbocycles. The van der Waals surface area contributed by atoms with Crippen molar-refractivity contribution in [2.24, 2.45) is 0 Å². The molecular weight excluding hydrogens is 937 g/mol. The molecule has 0 saturated heterocycles. The summed E-state index contributed by atoms with van der Waals surface area (Å²) in [5.41, 5.74) is 4.87. The average molecular weight is 995 g/mol. The predicted octanol–water partition coefficient (Wildman–Crippen LogP) is 6.68. The Kier molecular flexibility index (Phi) is 20.5. The van der Waals surface area contributed by atoms with Gasteiger partial charge in [0, 0.05) is 19.4 Å². The van der Waals surface area contributed by atoms with E-state index in [1.165, 1.54) is 20.2 Å². The van der Waals surface area contributed by atoms with Crippen molar-refractivity contribution in [3.8, 4) is 16.9 Å². The number of alkyl carbamates (subject to hydrolysis) is 2. The first-order valence-corrected chi connectivity index (χ1v) is 23.4. The van der Waals surface area contributed by atoms with Crippen LogP contribution in [0.15, 0.2) is 158 Å². The van der Waals surface area contributed by atoms with Crippen LogP contribution in [0.2, 0.25) is 0 Å². The Morgan fingerprint density at radius 2 is 1.10 bits per heavy atom. The summed E-state index contributed by atoms with van der Waals surface area (Å²) in [7, 11) is 2.72. The molecule has 0 unspecified atom stereocenters. The fraction of sp³-hybridized carbons (Fsp3) is 0.250. The number of aliphatic carboxylic acids is 1. The largest absolute Gasteiger partial charge is 0.489 e. The van der Waals surface area contributed by atoms with Gasteiger partial charge >= 0.3 is 30.1 Å². The highest BCUT2D eigenvalue weighted by Gasteiger charge is 2.29. The van der Waals surface area contributed by atoms with Crippen LogP contribution in [0.1, 0.15) is 50.2 Å². The number of hydrogen-bond donors (Lipinski definition) is 6. The SMILES string of the molecule is CN[C@@H](C[C@@H](O)CNC(=O)OCc1ccccc1)C(=O)N[C@@H](Cc1cc(C(=O)OC)cc(-c2ccc(OCc3ccccc3)c(C[C@H](NC(=O)OCc3ccccc3)C(=O)O)c2)c1)C(=O)OCc1ccccc1. The maximum Gasteiger partial charge on any atom is 0.408 e. The van der Waals surface area contributed by atoms with Crippen molar-refractivity contribution in [3.05, 3.63) is 197 Å². The van der Waals surface area contributed by atoms with Gasteiger partial charge in [-0.1, -0.05) is 133 Å². The Labute approximate surface area is 422 Å². The van der Waals surface area contributed by atoms with Crippen molar-refractivity contribution in [1.29, 1.82) is 0 Å². The minimum absolute atomic E-state index is 0.0219. The molecule has 0 aliphatic carbocycles. The van der Waals surface area contributed by atoms with Crippen molar-refractivity contribution >= 4 is 36.0 Å². The lowest BCUT2D eigenvalue weighted by Crippen LogP contribution is -2.52. The maximum atomic E-state index is 14.0. The lowest BCUT2D eigenvalue weighted by Gasteiger charge is -2.24. The Morgan fingerprint density at radius 3 is 1.64 bits per heavy atom. The number of likely N-dealkylation sites (N-methyl/N-ethyl adjacent to an activating group) is 1. The zero-order valence-electron chi connectivity index (χ0n) is 40.4. The van der Waals surface area contributed by atoms with E-state index < -0.39 is 60.2 Å². The predicted molar refractivity (Wildman–Crippen MR) is 269 cm³/mol. The zero-order valence-corrected chi connectivity index (χ0v) is 40.4. The highest BCUT2D eigenvalue weighted by molar-refractivity contribution is 5.92. The van der Waals surface area contributed by atoms with Crippen molar-refractivity contribution in [1.82, 2.24) is 21.3 Å². The summed E-state index contributed by atoms with van der Waals surface area (Å²) in [6.07, 6.45) is -3.50. The number of amides is 3. The molecule has 380 valence electrons. The van der Waals surface area contributed by atoms with Gasteiger partial charge in [-0.3, -0.25) is 4.79 Å². The van der Waals surface area contributed by atoms with Crippen molar-refractivity contribution in [2.45, 2.75) is 69.9 Å². The number of aliphatic hydroxyl groups excluding tert-OH is 1. The van der Waals surface area contributed by atoms with Gasteiger partial charge in [0.2, 0.25) is 5.91 Å². The molecule has 0 spiro atoms. The number of nitrogens with one attached hydrogen (secondary N) is 4. The van der Waals surface area contributed by atoms with Gasteiger partial charge in [0.15, 0.2) is 0 Å². The monoisotopic (exact) mass is 994 g/mol. The second-order valence-corrected chi connectivity index (χ2v) is 16.8. The third kappa shape index (κ3) is 17.4. The van der Waals surface area contributed by atoms with Gasteiger partial charge in [-0.2, -0.15) is 0 Å². The summed E-state index contributed by atoms with van der Waals surface area (Å²) in [6.45, 7) is -0.269. The summed E-state index contributed by atoms with van der Waals surface area (Å²) in [6, 6.07) is 42.3. The number of methoxy groups -OCH3 is 1. The number of carboxylic acid groups (broad SMARTS) is 1. The number of carbonyl (C=O) groups is 6. The molecule has 0 aromatic heterocycles. The topological polar surface area (TPSA) is 237 Å². The lowest BCUT2D eigenvalue weighted by atomic mass is 9.94. The number of benzene rings is 6. The average Bonchev–Trinajstić information content (AvgIpc) is 3.42. The summed E-state index contributed by atoms with van der Waals surface area (Å²) >= 11 is 0. The number of hydrogen-bond acceptors (Lipinski definition) is 13. The Bertz CT molecular complexity index is 2760. The molecule has 3 amide bonds. The second-order valence-electron chi connectivity index (χ2n) is 16.8. The normalized spacial score (nSPS) is 12.4. The molecule has 0 fully saturated rings. The highest BCUT2D eigenvalue weighted by Crippen LogP contribution is 2.31. The molecule has 0 bridgehead atoms. The number of carboxylic acids is 1. The zero-order chi connectivity index (χ0) is 52.0. The third-order valence-electron chi connectivity index (χ3n) is 11.4. The van der Waals surface area contributed by atoms with E-state index in [0.717, 1.165) is 11.1 Å². The lowest BCUT2D eigenvalue weighted by molar-refractivity contribution is -0.149. The Morgan fingerprint density at radius 1 is 0.548 bits per heavy atom. The number of ether oxygens (including phenoxy) is 5. The molecule has 6 aromatic rings. The smallest absolute Gasteiger partial charge is 0.408 e. The van der Waals surface area contributed by atoms with Crippen molar-refractivity contribution in [2.75, 3.05) is 20.7 Å². The molecule has 0 radical (unpaired) electrons. The van der Waals surface area contributed by atoms with E-state index in [2.05, 4.69) is 21.3 Å². The van der Waals surface area contributed by atoms with Crippen LogP contribution in [-0.2, 0) is 72.6 Å². The molecule has 4 atom stereocenters. The Hall–Kier alpha value is -8.54. The first-order chi connectivity index (χ1) is 35.4. The molecule has 17 heteroatoms. The van der Waals surface area contributed by atoms with Crippen LogP contribution in [0.3, 0.4) is 0 Å². The van der Waals surface area contributed by atoms with Crippen LogP contribution in [-0.4, -0.2) is 91.1 Å². The van der Waals surface area contributed by atoms with Gasteiger partial charge in [0.05, 0.1) is 24.8 Å². The molecule has 6 N–H and O–H groups in total. The number of esters is 2. The van der Waals surface area contributed by atoms with E-state index >= 15 is 0 Å². The van der Waals surface area contributed by atoms with E-state index in [0.29, 0.717) is 39.1 Å². The van der Waals surface area contributed by atoms with Crippen LogP contribution in [0, 0.1) is 0 Å². The molecule has 0 heterocycles. The van der Waals surface area contributed by atoms with Gasteiger partial charge in [-0.05, 0) is 82.2 Å². The summed E-state index contributed by atoms with van der Waals surface area (Å²) in [4.78, 5) is 79.2. The van der Waals surface area contributed by atoms with E-state index in [4.69, 9.17) is 23.7 Å². The van der Waals surface area contributed by atoms with Crippen LogP contribution in [0.4, 0.5) is 9.59 Å². The highest BCUT2D eigenvalue weighted by atomic mass is 16.6. The maximum absolute atomic E-state index is 14.0. The van der Waals surface area contributed by atoms with Gasteiger partial charge in [0.25, 0.3) is 0 Å². The van der Waals surface area contributed by atoms with Crippen LogP contribution >= 0.6 is 0 Å². The van der Waals surface area contributed by atoms with Crippen LogP contribution in [0.5, 0.6) is 5.75 Å². The molecule has 6 aromatic carbocycles. The van der Waals surface area contributed by atoms with Gasteiger partial charge in [0.1, 0.15) is 44.3 Å². The van der Waals surface area contributed by atoms with E-state index in [1.54, 1.807) is 91.0 Å². The fourth-order valence-corrected chi connectivity index (χ4v) is 7.55. The molecule has 17 nitrogen and oxygen atoms in total. The summed E-state index contributed by atoms with van der Waals surface area (Å²) in [5, 5.41) is 31.8. The number of aliphatic hydroxyl groups is 1. The summed E-state index contributed by atoms with van der Waals surface area (Å²) in [5.74, 6) is -3.17. The second kappa shape index (κ2) is 27.7. The quantitative estimate of drug-likeness (QED) is 0.0259. The van der Waals surface area contributed by atoms with Crippen molar-refractivity contribution in [3.63, 3.8) is 0 Å². The van der Waals surface area contributed by atoms with Crippen molar-refractivity contribution < 1.29 is 62.7 Å². The molecular formula is C56H58N4O13. The van der Waals surface area contributed by atoms with Crippen LogP contribution in [0.25, 0.3) is 11.1 Å². The van der Waals surface area contributed by atoms with E-state index in [9.17, 15) is 39.0 Å². The van der Waals surface area contributed by atoms with Gasteiger partial charge in [-0.15, -0.1) is 0 Å². The fourth-order valence-electron chi connectivity index (χ4n) is 7.55. The standard InChI is InChI=1S/C56H58N4O13/c1-57-47(31-46(61)32-58-55(67)72-35-39-19-11-5-12-20-39)51(62)59-49(54(66)71-34-38-17-9-4-10-18-38)27-41-25-43(29-45(26-41)53(65)69-2)42-23-24-50(70-33-37-15-7-3-8-16-37)44(28-42)30-48(52(63)64)60-56(68)73-36-40-21-13-6-14-22-40/h3-26,28-29,46-49,57,61H,27,30-36H2,1-2H3,(H,58,67)(H,59,62)(H,60,68)(H,63,64)/t46-,47+,48+,49+/m1/s1. The summed E-state index contributed by atoms with van der Waals surface area (Å²) < 4.78 is 27.6. The molecule has 73 heavy (non-hydrogen) atoms. The minimum atomic E-state index is -1.46. The van der Waals surface area contributed by atoms with E-state index in [-0.39, 0.29) is 57.8 Å². The molecule has 6 rings (SSSR count). The van der Waals surface area contributed by atoms with Gasteiger partial charge < -0.3 is 55.2 Å². The molecule has 0 aliphatic heterocycles. The Balaban J connectivity index is 1.25. The van der Waals surface area contributed by atoms with E-state index in [1.807, 2.05) is 60.7 Å². The van der Waals surface area contributed by atoms with Gasteiger partial charge in [-0.25, -0.2) is 24.0 Å².